The van der Waals surface area contributed by atoms with E-state index in [9.17, 15) is 9.59 Å². The van der Waals surface area contributed by atoms with Gasteiger partial charge in [-0.2, -0.15) is 0 Å². The van der Waals surface area contributed by atoms with Gasteiger partial charge in [-0.25, -0.2) is 0 Å². The van der Waals surface area contributed by atoms with Crippen molar-refractivity contribution in [3.05, 3.63) is 118 Å². The third-order valence-electron chi connectivity index (χ3n) is 6.62. The third kappa shape index (κ3) is 4.97. The fraction of sp³-hybridized carbons (Fsp3) is 0.161. The van der Waals surface area contributed by atoms with Gasteiger partial charge in [0.2, 0.25) is 0 Å². The first-order valence-corrected chi connectivity index (χ1v) is 13.1. The molecule has 1 aliphatic carbocycles. The molecule has 1 atom stereocenters. The molecule has 0 saturated heterocycles. The van der Waals surface area contributed by atoms with E-state index < -0.39 is 0 Å². The standard InChI is InChI=1S/C31H25ClO3S/c1-20(27-17-22(32)14-15-30(27)36-29-13-7-2-8-21(29)18-33)16-31(34)35-19-28-25-11-5-3-9-23(25)24-10-4-6-12-26(24)28/h2-15,17-18,20,28H,16,19H2,1H3/t20-/m1/s1. The lowest BCUT2D eigenvalue weighted by Crippen LogP contribution is -2.14. The first-order chi connectivity index (χ1) is 17.5. The second-order valence-electron chi connectivity index (χ2n) is 8.96. The van der Waals surface area contributed by atoms with Gasteiger partial charge in [0.1, 0.15) is 6.61 Å². The van der Waals surface area contributed by atoms with Crippen LogP contribution in [0.2, 0.25) is 5.02 Å². The summed E-state index contributed by atoms with van der Waals surface area (Å²) < 4.78 is 5.83. The zero-order chi connectivity index (χ0) is 25.1. The summed E-state index contributed by atoms with van der Waals surface area (Å²) in [5.74, 6) is -0.312. The zero-order valence-electron chi connectivity index (χ0n) is 19.8. The molecule has 0 radical (unpaired) electrons. The molecule has 3 nitrogen and oxygen atoms in total. The van der Waals surface area contributed by atoms with Crippen molar-refractivity contribution in [2.24, 2.45) is 0 Å². The Kier molecular flexibility index (Phi) is 7.26. The fourth-order valence-electron chi connectivity index (χ4n) is 4.82. The molecule has 0 bridgehead atoms. The Morgan fingerprint density at radius 2 is 1.56 bits per heavy atom. The third-order valence-corrected chi connectivity index (χ3v) is 8.03. The number of carbonyl (C=O) groups excluding carboxylic acids is 2. The molecule has 36 heavy (non-hydrogen) atoms. The highest BCUT2D eigenvalue weighted by Gasteiger charge is 2.29. The molecule has 0 N–H and O–H groups in total. The molecule has 0 amide bonds. The van der Waals surface area contributed by atoms with Gasteiger partial charge < -0.3 is 4.74 Å². The Hall–Kier alpha value is -3.34. The molecule has 1 aliphatic rings. The highest BCUT2D eigenvalue weighted by atomic mass is 35.5. The van der Waals surface area contributed by atoms with Gasteiger partial charge in [-0.1, -0.05) is 97.0 Å². The van der Waals surface area contributed by atoms with Gasteiger partial charge in [0.15, 0.2) is 6.29 Å². The first kappa shape index (κ1) is 24.4. The smallest absolute Gasteiger partial charge is 0.306 e. The molecule has 4 aromatic carbocycles. The lowest BCUT2D eigenvalue weighted by Gasteiger charge is -2.18. The van der Waals surface area contributed by atoms with Crippen molar-refractivity contribution >= 4 is 35.6 Å². The number of rotatable bonds is 8. The van der Waals surface area contributed by atoms with Crippen LogP contribution < -0.4 is 0 Å². The maximum absolute atomic E-state index is 13.0. The van der Waals surface area contributed by atoms with Crippen LogP contribution in [0.25, 0.3) is 11.1 Å². The van der Waals surface area contributed by atoms with Crippen LogP contribution in [-0.4, -0.2) is 18.9 Å². The first-order valence-electron chi connectivity index (χ1n) is 11.9. The number of benzene rings is 4. The van der Waals surface area contributed by atoms with Gasteiger partial charge in [0, 0.05) is 26.3 Å². The number of hydrogen-bond donors (Lipinski definition) is 0. The van der Waals surface area contributed by atoms with Gasteiger partial charge in [-0.15, -0.1) is 0 Å². The average Bonchev–Trinajstić information content (AvgIpc) is 3.22. The van der Waals surface area contributed by atoms with Gasteiger partial charge in [-0.05, 0) is 58.0 Å². The van der Waals surface area contributed by atoms with Crippen LogP contribution in [0.15, 0.2) is 101 Å². The lowest BCUT2D eigenvalue weighted by atomic mass is 9.97. The summed E-state index contributed by atoms with van der Waals surface area (Å²) in [4.78, 5) is 26.3. The van der Waals surface area contributed by atoms with Crippen molar-refractivity contribution in [1.82, 2.24) is 0 Å². The number of carbonyl (C=O) groups is 2. The predicted octanol–water partition coefficient (Wildman–Crippen LogP) is 8.15. The van der Waals surface area contributed by atoms with E-state index in [0.29, 0.717) is 17.2 Å². The molecule has 0 unspecified atom stereocenters. The van der Waals surface area contributed by atoms with Crippen LogP contribution in [0.3, 0.4) is 0 Å². The van der Waals surface area contributed by atoms with E-state index in [0.717, 1.165) is 21.6 Å². The molecule has 0 aliphatic heterocycles. The molecular formula is C31H25ClO3S. The maximum Gasteiger partial charge on any atom is 0.306 e. The number of aldehydes is 1. The molecule has 180 valence electrons. The SMILES string of the molecule is C[C@H](CC(=O)OCC1c2ccccc2-c2ccccc21)c1cc(Cl)ccc1Sc1ccccc1C=O. The van der Waals surface area contributed by atoms with Crippen molar-refractivity contribution in [2.75, 3.05) is 6.61 Å². The highest BCUT2D eigenvalue weighted by molar-refractivity contribution is 7.99. The van der Waals surface area contributed by atoms with E-state index in [1.54, 1.807) is 6.07 Å². The normalized spacial score (nSPS) is 13.1. The predicted molar refractivity (Wildman–Crippen MR) is 145 cm³/mol. The van der Waals surface area contributed by atoms with Gasteiger partial charge >= 0.3 is 5.97 Å². The summed E-state index contributed by atoms with van der Waals surface area (Å²) >= 11 is 7.83. The topological polar surface area (TPSA) is 43.4 Å². The van der Waals surface area contributed by atoms with Crippen molar-refractivity contribution in [1.29, 1.82) is 0 Å². The largest absolute Gasteiger partial charge is 0.465 e. The molecule has 0 spiro atoms. The quantitative estimate of drug-likeness (QED) is 0.176. The van der Waals surface area contributed by atoms with Crippen LogP contribution in [0.5, 0.6) is 0 Å². The van der Waals surface area contributed by atoms with E-state index in [4.69, 9.17) is 16.3 Å². The van der Waals surface area contributed by atoms with Crippen LogP contribution in [-0.2, 0) is 9.53 Å². The summed E-state index contributed by atoms with van der Waals surface area (Å²) in [6, 6.07) is 29.8. The number of esters is 1. The molecule has 0 saturated carbocycles. The van der Waals surface area contributed by atoms with Gasteiger partial charge in [-0.3, -0.25) is 9.59 Å². The number of fused-ring (bicyclic) bond motifs is 3. The fourth-order valence-corrected chi connectivity index (χ4v) is 6.13. The van der Waals surface area contributed by atoms with Crippen molar-refractivity contribution in [3.8, 4) is 11.1 Å². The Morgan fingerprint density at radius 1 is 0.917 bits per heavy atom. The second-order valence-corrected chi connectivity index (χ2v) is 10.5. The van der Waals surface area contributed by atoms with Crippen LogP contribution in [0.4, 0.5) is 0 Å². The monoisotopic (exact) mass is 512 g/mol. The minimum Gasteiger partial charge on any atom is -0.465 e. The van der Waals surface area contributed by atoms with Crippen molar-refractivity contribution in [3.63, 3.8) is 0 Å². The van der Waals surface area contributed by atoms with Gasteiger partial charge in [0.25, 0.3) is 0 Å². The highest BCUT2D eigenvalue weighted by Crippen LogP contribution is 2.44. The van der Waals surface area contributed by atoms with E-state index in [2.05, 4.69) is 24.3 Å². The van der Waals surface area contributed by atoms with E-state index in [-0.39, 0.29) is 24.2 Å². The zero-order valence-corrected chi connectivity index (χ0v) is 21.4. The average molecular weight is 513 g/mol. The Bertz CT molecular complexity index is 1390. The van der Waals surface area contributed by atoms with Crippen LogP contribution in [0.1, 0.15) is 52.2 Å². The summed E-state index contributed by atoms with van der Waals surface area (Å²) in [7, 11) is 0. The molecule has 5 rings (SSSR count). The summed E-state index contributed by atoms with van der Waals surface area (Å²) in [6.07, 6.45) is 1.09. The molecule has 0 aromatic heterocycles. The summed E-state index contributed by atoms with van der Waals surface area (Å²) in [6.45, 7) is 2.31. The van der Waals surface area contributed by atoms with Crippen molar-refractivity contribution < 1.29 is 14.3 Å². The van der Waals surface area contributed by atoms with Crippen LogP contribution >= 0.6 is 23.4 Å². The van der Waals surface area contributed by atoms with E-state index in [1.807, 2.05) is 67.6 Å². The minimum absolute atomic E-state index is 0.0359. The van der Waals surface area contributed by atoms with Gasteiger partial charge in [0.05, 0.1) is 6.42 Å². The number of hydrogen-bond acceptors (Lipinski definition) is 4. The molecule has 0 heterocycles. The Morgan fingerprint density at radius 3 is 2.25 bits per heavy atom. The second kappa shape index (κ2) is 10.7. The molecular weight excluding hydrogens is 488 g/mol. The van der Waals surface area contributed by atoms with E-state index in [1.165, 1.54) is 34.0 Å². The molecule has 5 heteroatoms. The number of halogens is 1. The van der Waals surface area contributed by atoms with E-state index >= 15 is 0 Å². The summed E-state index contributed by atoms with van der Waals surface area (Å²) in [5.41, 5.74) is 6.40. The molecule has 4 aromatic rings. The lowest BCUT2D eigenvalue weighted by molar-refractivity contribution is -0.144. The Balaban J connectivity index is 1.30. The van der Waals surface area contributed by atoms with Crippen molar-refractivity contribution in [2.45, 2.75) is 35.0 Å². The van der Waals surface area contributed by atoms with Crippen LogP contribution in [0, 0.1) is 0 Å². The number of ether oxygens (including phenoxy) is 1. The summed E-state index contributed by atoms with van der Waals surface area (Å²) in [5, 5.41) is 0.609. The molecule has 0 fully saturated rings. The maximum atomic E-state index is 13.0. The minimum atomic E-state index is -0.242. The Labute approximate surface area is 220 Å².